The van der Waals surface area contributed by atoms with E-state index in [4.69, 9.17) is 0 Å². The lowest BCUT2D eigenvalue weighted by molar-refractivity contribution is -0.133. The molecule has 0 radical (unpaired) electrons. The van der Waals surface area contributed by atoms with Gasteiger partial charge >= 0.3 is 0 Å². The number of nitrogens with zero attached hydrogens (tertiary/aromatic N) is 1. The molecule has 27 heavy (non-hydrogen) atoms. The molecule has 142 valence electrons. The molecule has 2 atom stereocenters. The summed E-state index contributed by atoms with van der Waals surface area (Å²) in [6.45, 7) is 1.50. The fourth-order valence-corrected chi connectivity index (χ4v) is 4.72. The number of piperidine rings is 1. The first-order valence-electron chi connectivity index (χ1n) is 10.4. The van der Waals surface area contributed by atoms with Gasteiger partial charge in [0, 0.05) is 31.6 Å². The van der Waals surface area contributed by atoms with E-state index in [0.29, 0.717) is 36.9 Å². The Kier molecular flexibility index (Phi) is 5.88. The summed E-state index contributed by atoms with van der Waals surface area (Å²) in [4.78, 5) is 15.3. The van der Waals surface area contributed by atoms with Gasteiger partial charge in [-0.05, 0) is 49.1 Å². The van der Waals surface area contributed by atoms with Crippen molar-refractivity contribution >= 4 is 5.91 Å². The van der Waals surface area contributed by atoms with Gasteiger partial charge in [0.1, 0.15) is 0 Å². The zero-order chi connectivity index (χ0) is 18.5. The number of amides is 1. The van der Waals surface area contributed by atoms with Crippen molar-refractivity contribution in [1.29, 1.82) is 0 Å². The van der Waals surface area contributed by atoms with Crippen molar-refractivity contribution in [3.63, 3.8) is 0 Å². The van der Waals surface area contributed by atoms with E-state index in [9.17, 15) is 4.79 Å². The maximum absolute atomic E-state index is 13.2. The molecular formula is C24H30N2O. The highest BCUT2D eigenvalue weighted by atomic mass is 16.2. The lowest BCUT2D eigenvalue weighted by atomic mass is 9.89. The van der Waals surface area contributed by atoms with Crippen molar-refractivity contribution in [3.05, 3.63) is 71.8 Å². The van der Waals surface area contributed by atoms with Gasteiger partial charge in [0.25, 0.3) is 0 Å². The number of benzene rings is 2. The fraction of sp³-hybridized carbons (Fsp3) is 0.458. The Morgan fingerprint density at radius 1 is 0.889 bits per heavy atom. The smallest absolute Gasteiger partial charge is 0.223 e. The summed E-state index contributed by atoms with van der Waals surface area (Å²) in [6, 6.07) is 22.2. The molecule has 2 saturated heterocycles. The normalized spacial score (nSPS) is 23.9. The van der Waals surface area contributed by atoms with Crippen molar-refractivity contribution in [2.24, 2.45) is 5.92 Å². The van der Waals surface area contributed by atoms with E-state index in [1.165, 1.54) is 36.8 Å². The topological polar surface area (TPSA) is 32.3 Å². The van der Waals surface area contributed by atoms with Gasteiger partial charge < -0.3 is 10.2 Å². The van der Waals surface area contributed by atoms with E-state index in [1.807, 2.05) is 12.1 Å². The number of hydrogen-bond acceptors (Lipinski definition) is 2. The zero-order valence-electron chi connectivity index (χ0n) is 16.0. The third kappa shape index (κ3) is 4.98. The predicted molar refractivity (Wildman–Crippen MR) is 109 cm³/mol. The Bertz CT molecular complexity index is 719. The Balaban J connectivity index is 1.40. The van der Waals surface area contributed by atoms with Crippen molar-refractivity contribution in [3.8, 4) is 0 Å². The zero-order valence-corrected chi connectivity index (χ0v) is 16.0. The highest BCUT2D eigenvalue weighted by Gasteiger charge is 2.34. The molecule has 2 bridgehead atoms. The molecule has 1 N–H and O–H groups in total. The Hall–Kier alpha value is -2.13. The first-order valence-corrected chi connectivity index (χ1v) is 10.4. The second-order valence-corrected chi connectivity index (χ2v) is 8.22. The van der Waals surface area contributed by atoms with Crippen molar-refractivity contribution < 1.29 is 4.79 Å². The van der Waals surface area contributed by atoms with Gasteiger partial charge in [-0.25, -0.2) is 0 Å². The van der Waals surface area contributed by atoms with E-state index >= 15 is 0 Å². The highest BCUT2D eigenvalue weighted by molar-refractivity contribution is 5.76. The third-order valence-corrected chi connectivity index (χ3v) is 6.12. The summed E-state index contributed by atoms with van der Waals surface area (Å²) in [5, 5.41) is 3.68. The van der Waals surface area contributed by atoms with E-state index in [2.05, 4.69) is 58.7 Å². The minimum absolute atomic E-state index is 0.320. The van der Waals surface area contributed by atoms with Crippen molar-refractivity contribution in [1.82, 2.24) is 10.2 Å². The molecule has 2 aliphatic rings. The maximum atomic E-state index is 13.2. The molecule has 3 nitrogen and oxygen atoms in total. The van der Waals surface area contributed by atoms with E-state index in [1.54, 1.807) is 0 Å². The largest absolute Gasteiger partial charge is 0.338 e. The number of carbonyl (C=O) groups is 1. The Morgan fingerprint density at radius 2 is 1.48 bits per heavy atom. The van der Waals surface area contributed by atoms with Gasteiger partial charge in [-0.2, -0.15) is 0 Å². The van der Waals surface area contributed by atoms with Crippen LogP contribution in [0.1, 0.15) is 43.2 Å². The molecule has 2 aliphatic heterocycles. The summed E-state index contributed by atoms with van der Waals surface area (Å²) in [5.74, 6) is 0.868. The van der Waals surface area contributed by atoms with Crippen LogP contribution in [0.15, 0.2) is 60.7 Å². The summed E-state index contributed by atoms with van der Waals surface area (Å²) in [7, 11) is 0. The van der Waals surface area contributed by atoms with Gasteiger partial charge in [-0.15, -0.1) is 0 Å². The standard InChI is InChI=1S/C24H30N2O/c27-24(17-21-15-22-11-12-23(16-21)25-22)26(18-20-9-5-2-6-10-20)14-13-19-7-3-1-4-8-19/h1-10,21-23,25H,11-18H2. The van der Waals surface area contributed by atoms with Crippen LogP contribution < -0.4 is 5.32 Å². The van der Waals surface area contributed by atoms with Crippen LogP contribution in [-0.2, 0) is 17.8 Å². The van der Waals surface area contributed by atoms with Crippen LogP contribution in [-0.4, -0.2) is 29.4 Å². The molecule has 2 fully saturated rings. The van der Waals surface area contributed by atoms with Gasteiger partial charge in [-0.1, -0.05) is 60.7 Å². The molecule has 0 aliphatic carbocycles. The van der Waals surface area contributed by atoms with Crippen molar-refractivity contribution in [2.45, 2.75) is 57.2 Å². The average Bonchev–Trinajstić information content (AvgIpc) is 3.05. The van der Waals surface area contributed by atoms with Gasteiger partial charge in [0.05, 0.1) is 0 Å². The Morgan fingerprint density at radius 3 is 2.11 bits per heavy atom. The van der Waals surface area contributed by atoms with E-state index in [-0.39, 0.29) is 0 Å². The lowest BCUT2D eigenvalue weighted by Gasteiger charge is -2.31. The van der Waals surface area contributed by atoms with E-state index in [0.717, 1.165) is 13.0 Å². The number of rotatable bonds is 7. The van der Waals surface area contributed by atoms with Crippen LogP contribution >= 0.6 is 0 Å². The van der Waals surface area contributed by atoms with Crippen LogP contribution in [0.25, 0.3) is 0 Å². The SMILES string of the molecule is O=C(CC1CC2CCC(C1)N2)N(CCc1ccccc1)Cc1ccccc1. The first-order chi connectivity index (χ1) is 13.3. The molecule has 2 aromatic carbocycles. The molecule has 0 spiro atoms. The highest BCUT2D eigenvalue weighted by Crippen LogP contribution is 2.33. The number of fused-ring (bicyclic) bond motifs is 2. The van der Waals surface area contributed by atoms with Gasteiger partial charge in [0.2, 0.25) is 5.91 Å². The van der Waals surface area contributed by atoms with Crippen molar-refractivity contribution in [2.75, 3.05) is 6.54 Å². The molecule has 4 rings (SSSR count). The molecule has 2 unspecified atom stereocenters. The quantitative estimate of drug-likeness (QED) is 0.801. The number of hydrogen-bond donors (Lipinski definition) is 1. The van der Waals surface area contributed by atoms with Gasteiger partial charge in [-0.3, -0.25) is 4.79 Å². The van der Waals surface area contributed by atoms with E-state index < -0.39 is 0 Å². The molecule has 1 amide bonds. The first kappa shape index (κ1) is 18.2. The molecule has 2 heterocycles. The summed E-state index contributed by atoms with van der Waals surface area (Å²) in [5.41, 5.74) is 2.51. The van der Waals surface area contributed by atoms with Crippen LogP contribution in [0.3, 0.4) is 0 Å². The summed E-state index contributed by atoms with van der Waals surface area (Å²) in [6.07, 6.45) is 6.53. The fourth-order valence-electron chi connectivity index (χ4n) is 4.72. The second-order valence-electron chi connectivity index (χ2n) is 8.22. The van der Waals surface area contributed by atoms with Crippen LogP contribution in [0, 0.1) is 5.92 Å². The van der Waals surface area contributed by atoms with Crippen LogP contribution in [0.4, 0.5) is 0 Å². The minimum Gasteiger partial charge on any atom is -0.338 e. The number of nitrogens with one attached hydrogen (secondary N) is 1. The summed E-state index contributed by atoms with van der Waals surface area (Å²) >= 11 is 0. The summed E-state index contributed by atoms with van der Waals surface area (Å²) < 4.78 is 0. The maximum Gasteiger partial charge on any atom is 0.223 e. The minimum atomic E-state index is 0.320. The molecular weight excluding hydrogens is 332 g/mol. The average molecular weight is 363 g/mol. The van der Waals surface area contributed by atoms with Crippen LogP contribution in [0.5, 0.6) is 0 Å². The van der Waals surface area contributed by atoms with Crippen LogP contribution in [0.2, 0.25) is 0 Å². The monoisotopic (exact) mass is 362 g/mol. The molecule has 0 aromatic heterocycles. The number of carbonyl (C=O) groups excluding carboxylic acids is 1. The van der Waals surface area contributed by atoms with Gasteiger partial charge in [0.15, 0.2) is 0 Å². The Labute approximate surface area is 162 Å². The second kappa shape index (κ2) is 8.71. The molecule has 2 aromatic rings. The molecule has 0 saturated carbocycles. The lowest BCUT2D eigenvalue weighted by Crippen LogP contribution is -2.40. The predicted octanol–water partition coefficient (Wildman–Crippen LogP) is 4.18. The molecule has 3 heteroatoms. The third-order valence-electron chi connectivity index (χ3n) is 6.12.